The Kier molecular flexibility index (Phi) is 2.28. The van der Waals surface area contributed by atoms with Crippen LogP contribution in [0.25, 0.3) is 10.7 Å². The smallest absolute Gasteiger partial charge is 0.177 e. The average molecular weight is 215 g/mol. The number of aromatic amines is 1. The Morgan fingerprint density at radius 2 is 2.46 bits per heavy atom. The lowest BCUT2D eigenvalue weighted by atomic mass is 10.3. The van der Waals surface area contributed by atoms with Gasteiger partial charge in [0, 0.05) is 4.88 Å². The maximum absolute atomic E-state index is 6.00. The quantitative estimate of drug-likeness (QED) is 0.834. The lowest BCUT2D eigenvalue weighted by molar-refractivity contribution is 0.881. The van der Waals surface area contributed by atoms with E-state index in [1.165, 1.54) is 4.88 Å². The monoisotopic (exact) mass is 214 g/mol. The van der Waals surface area contributed by atoms with Gasteiger partial charge in [-0.05, 0) is 17.7 Å². The zero-order valence-electron chi connectivity index (χ0n) is 6.91. The molecular weight excluding hydrogens is 208 g/mol. The first-order valence-corrected chi connectivity index (χ1v) is 5.02. The lowest BCUT2D eigenvalue weighted by Crippen LogP contribution is -1.75. The SMILES string of the molecule is CCc1cc(Cl)c(-c2nn[nH]n2)s1. The van der Waals surface area contributed by atoms with E-state index in [-0.39, 0.29) is 0 Å². The molecule has 0 aliphatic rings. The first-order valence-electron chi connectivity index (χ1n) is 3.83. The van der Waals surface area contributed by atoms with E-state index in [4.69, 9.17) is 11.6 Å². The molecule has 13 heavy (non-hydrogen) atoms. The fourth-order valence-electron chi connectivity index (χ4n) is 1.00. The van der Waals surface area contributed by atoms with E-state index in [9.17, 15) is 0 Å². The summed E-state index contributed by atoms with van der Waals surface area (Å²) in [6.07, 6.45) is 0.974. The van der Waals surface area contributed by atoms with Crippen LogP contribution in [0.15, 0.2) is 6.07 Å². The normalized spacial score (nSPS) is 10.6. The Morgan fingerprint density at radius 1 is 1.62 bits per heavy atom. The second-order valence-electron chi connectivity index (χ2n) is 2.48. The van der Waals surface area contributed by atoms with Crippen molar-refractivity contribution in [2.75, 3.05) is 0 Å². The van der Waals surface area contributed by atoms with Crippen LogP contribution in [0.5, 0.6) is 0 Å². The summed E-state index contributed by atoms with van der Waals surface area (Å²) in [5, 5.41) is 14.3. The van der Waals surface area contributed by atoms with Crippen LogP contribution in [0.3, 0.4) is 0 Å². The standard InChI is InChI=1S/C7H7ClN4S/c1-2-4-3-5(8)6(13-4)7-9-11-12-10-7/h3H,2H2,1H3,(H,9,10,11,12). The van der Waals surface area contributed by atoms with Crippen LogP contribution in [0, 0.1) is 0 Å². The van der Waals surface area contributed by atoms with Crippen LogP contribution in [0.1, 0.15) is 11.8 Å². The topological polar surface area (TPSA) is 54.5 Å². The number of hydrogen-bond donors (Lipinski definition) is 1. The molecule has 2 rings (SSSR count). The van der Waals surface area contributed by atoms with Crippen LogP contribution < -0.4 is 0 Å². The zero-order valence-corrected chi connectivity index (χ0v) is 8.48. The molecule has 0 aliphatic heterocycles. The molecule has 1 N–H and O–H groups in total. The maximum atomic E-state index is 6.00. The predicted molar refractivity (Wildman–Crippen MR) is 51.9 cm³/mol. The minimum atomic E-state index is 0.565. The second-order valence-corrected chi connectivity index (χ2v) is 4.02. The Labute approximate surface area is 83.9 Å². The number of aromatic nitrogens is 4. The third-order valence-electron chi connectivity index (χ3n) is 1.63. The van der Waals surface area contributed by atoms with Crippen LogP contribution in [0.2, 0.25) is 5.02 Å². The second kappa shape index (κ2) is 3.43. The van der Waals surface area contributed by atoms with Gasteiger partial charge < -0.3 is 0 Å². The van der Waals surface area contributed by atoms with Crippen molar-refractivity contribution in [2.24, 2.45) is 0 Å². The van der Waals surface area contributed by atoms with Crippen LogP contribution >= 0.6 is 22.9 Å². The number of nitrogens with one attached hydrogen (secondary N) is 1. The molecule has 0 fully saturated rings. The number of aryl methyl sites for hydroxylation is 1. The highest BCUT2D eigenvalue weighted by Gasteiger charge is 2.11. The third kappa shape index (κ3) is 1.57. The van der Waals surface area contributed by atoms with Crippen molar-refractivity contribution in [2.45, 2.75) is 13.3 Å². The molecule has 68 valence electrons. The van der Waals surface area contributed by atoms with E-state index in [0.29, 0.717) is 10.8 Å². The minimum absolute atomic E-state index is 0.565. The lowest BCUT2D eigenvalue weighted by Gasteiger charge is -1.86. The van der Waals surface area contributed by atoms with Crippen LogP contribution in [-0.2, 0) is 6.42 Å². The van der Waals surface area contributed by atoms with Gasteiger partial charge in [-0.1, -0.05) is 18.5 Å². The van der Waals surface area contributed by atoms with Gasteiger partial charge in [0.05, 0.1) is 9.90 Å². The third-order valence-corrected chi connectivity index (χ3v) is 3.32. The average Bonchev–Trinajstić information content (AvgIpc) is 2.72. The summed E-state index contributed by atoms with van der Waals surface area (Å²) in [7, 11) is 0. The first kappa shape index (κ1) is 8.65. The number of H-pyrrole nitrogens is 1. The summed E-state index contributed by atoms with van der Waals surface area (Å²) in [6, 6.07) is 1.94. The molecule has 2 aromatic rings. The van der Waals surface area contributed by atoms with Gasteiger partial charge in [0.25, 0.3) is 0 Å². The molecule has 4 nitrogen and oxygen atoms in total. The van der Waals surface area contributed by atoms with Gasteiger partial charge in [-0.2, -0.15) is 5.21 Å². The van der Waals surface area contributed by atoms with E-state index in [1.807, 2.05) is 6.07 Å². The molecule has 0 atom stereocenters. The van der Waals surface area contributed by atoms with Gasteiger partial charge in [0.2, 0.25) is 5.82 Å². The van der Waals surface area contributed by atoms with E-state index in [2.05, 4.69) is 27.5 Å². The largest absolute Gasteiger partial charge is 0.216 e. The maximum Gasteiger partial charge on any atom is 0.216 e. The van der Waals surface area contributed by atoms with Crippen molar-refractivity contribution < 1.29 is 0 Å². The summed E-state index contributed by atoms with van der Waals surface area (Å²) in [5.74, 6) is 0.565. The van der Waals surface area contributed by atoms with Gasteiger partial charge in [-0.15, -0.1) is 21.5 Å². The molecule has 0 amide bonds. The van der Waals surface area contributed by atoms with E-state index < -0.39 is 0 Å². The Bertz CT molecular complexity index is 395. The fraction of sp³-hybridized carbons (Fsp3) is 0.286. The number of thiophene rings is 1. The molecule has 0 aliphatic carbocycles. The summed E-state index contributed by atoms with van der Waals surface area (Å²) < 4.78 is 0. The summed E-state index contributed by atoms with van der Waals surface area (Å²) in [6.45, 7) is 2.09. The molecule has 0 aromatic carbocycles. The molecule has 0 bridgehead atoms. The number of halogens is 1. The Balaban J connectivity index is 2.46. The first-order chi connectivity index (χ1) is 6.31. The molecule has 2 aromatic heterocycles. The Hall–Kier alpha value is -0.940. The van der Waals surface area contributed by atoms with Gasteiger partial charge in [-0.3, -0.25) is 0 Å². The molecular formula is C7H7ClN4S. The number of nitrogens with zero attached hydrogens (tertiary/aromatic N) is 3. The zero-order chi connectivity index (χ0) is 9.26. The number of hydrogen-bond acceptors (Lipinski definition) is 4. The van der Waals surface area contributed by atoms with E-state index in [1.54, 1.807) is 11.3 Å². The van der Waals surface area contributed by atoms with Crippen molar-refractivity contribution in [3.8, 4) is 10.7 Å². The molecule has 0 saturated heterocycles. The van der Waals surface area contributed by atoms with Gasteiger partial charge in [0.15, 0.2) is 0 Å². The summed E-state index contributed by atoms with van der Waals surface area (Å²) in [4.78, 5) is 2.11. The highest BCUT2D eigenvalue weighted by Crippen LogP contribution is 2.33. The number of rotatable bonds is 2. The summed E-state index contributed by atoms with van der Waals surface area (Å²) in [5.41, 5.74) is 0. The molecule has 0 unspecified atom stereocenters. The van der Waals surface area contributed by atoms with Crippen molar-refractivity contribution in [3.63, 3.8) is 0 Å². The highest BCUT2D eigenvalue weighted by atomic mass is 35.5. The molecule has 0 saturated carbocycles. The van der Waals surface area contributed by atoms with Gasteiger partial charge in [0.1, 0.15) is 0 Å². The van der Waals surface area contributed by atoms with E-state index in [0.717, 1.165) is 11.3 Å². The van der Waals surface area contributed by atoms with Crippen molar-refractivity contribution in [1.82, 2.24) is 20.6 Å². The van der Waals surface area contributed by atoms with Gasteiger partial charge >= 0.3 is 0 Å². The van der Waals surface area contributed by atoms with Crippen molar-refractivity contribution in [3.05, 3.63) is 16.0 Å². The summed E-state index contributed by atoms with van der Waals surface area (Å²) >= 11 is 7.60. The predicted octanol–water partition coefficient (Wildman–Crippen LogP) is 2.14. The van der Waals surface area contributed by atoms with E-state index >= 15 is 0 Å². The Morgan fingerprint density at radius 3 is 3.00 bits per heavy atom. The van der Waals surface area contributed by atoms with Crippen molar-refractivity contribution in [1.29, 1.82) is 0 Å². The highest BCUT2D eigenvalue weighted by molar-refractivity contribution is 7.16. The molecule has 0 spiro atoms. The van der Waals surface area contributed by atoms with Gasteiger partial charge in [-0.25, -0.2) is 0 Å². The van der Waals surface area contributed by atoms with Crippen molar-refractivity contribution >= 4 is 22.9 Å². The number of tetrazole rings is 1. The molecule has 6 heteroatoms. The molecule has 0 radical (unpaired) electrons. The minimum Gasteiger partial charge on any atom is -0.177 e. The van der Waals surface area contributed by atoms with Crippen LogP contribution in [0.4, 0.5) is 0 Å². The molecule has 2 heterocycles. The van der Waals surface area contributed by atoms with Crippen LogP contribution in [-0.4, -0.2) is 20.6 Å². The fourth-order valence-corrected chi connectivity index (χ4v) is 2.31.